The van der Waals surface area contributed by atoms with Gasteiger partial charge in [0.15, 0.2) is 0 Å². The molecule has 0 bridgehead atoms. The van der Waals surface area contributed by atoms with Crippen LogP contribution in [0.4, 0.5) is 13.6 Å². The lowest BCUT2D eigenvalue weighted by Gasteiger charge is -2.32. The molecule has 0 spiro atoms. The summed E-state index contributed by atoms with van der Waals surface area (Å²) >= 11 is 0. The van der Waals surface area contributed by atoms with Crippen LogP contribution in [0.25, 0.3) is 0 Å². The third-order valence-corrected chi connectivity index (χ3v) is 4.73. The van der Waals surface area contributed by atoms with Crippen LogP contribution in [0.2, 0.25) is 0 Å². The first-order valence-electron chi connectivity index (χ1n) is 8.95. The summed E-state index contributed by atoms with van der Waals surface area (Å²) in [5.74, 6) is 0. The molecule has 1 heterocycles. The summed E-state index contributed by atoms with van der Waals surface area (Å²) in [6, 6.07) is 4.60. The number of alkyl halides is 2. The number of rotatable bonds is 4. The molecule has 150 valence electrons. The van der Waals surface area contributed by atoms with Gasteiger partial charge in [0, 0.05) is 12.1 Å². The number of hydrogen-bond acceptors (Lipinski definition) is 4. The molecule has 2 rings (SSSR count). The van der Waals surface area contributed by atoms with Gasteiger partial charge in [-0.25, -0.2) is 13.6 Å². The van der Waals surface area contributed by atoms with Gasteiger partial charge < -0.3 is 19.4 Å². The van der Waals surface area contributed by atoms with Crippen molar-refractivity contribution in [2.24, 2.45) is 0 Å². The topological polar surface area (TPSA) is 56.8 Å². The van der Waals surface area contributed by atoms with Gasteiger partial charge >= 0.3 is 13.2 Å². The SMILES string of the molecule is CC(C)(C)OC(=O)NCc1ccc(B2OC(C)(C)C(C)(C)O2)c(C(F)F)c1. The molecular weight excluding hydrogens is 355 g/mol. The van der Waals surface area contributed by atoms with Crippen LogP contribution in [-0.2, 0) is 20.6 Å². The van der Waals surface area contributed by atoms with E-state index in [9.17, 15) is 13.6 Å². The third kappa shape index (κ3) is 5.20. The Morgan fingerprint density at radius 1 is 1.19 bits per heavy atom. The van der Waals surface area contributed by atoms with Crippen molar-refractivity contribution < 1.29 is 27.6 Å². The minimum Gasteiger partial charge on any atom is -0.444 e. The highest BCUT2D eigenvalue weighted by atomic mass is 19.3. The van der Waals surface area contributed by atoms with Gasteiger partial charge in [-0.15, -0.1) is 0 Å². The van der Waals surface area contributed by atoms with Crippen LogP contribution in [0, 0.1) is 0 Å². The summed E-state index contributed by atoms with van der Waals surface area (Å²) in [7, 11) is -0.869. The molecule has 1 aromatic rings. The lowest BCUT2D eigenvalue weighted by Crippen LogP contribution is -2.41. The predicted molar refractivity (Wildman–Crippen MR) is 100 cm³/mol. The van der Waals surface area contributed by atoms with E-state index in [0.29, 0.717) is 11.0 Å². The van der Waals surface area contributed by atoms with Crippen molar-refractivity contribution in [1.29, 1.82) is 0 Å². The molecule has 0 unspecified atom stereocenters. The Morgan fingerprint density at radius 2 is 1.74 bits per heavy atom. The average molecular weight is 383 g/mol. The molecule has 1 aromatic carbocycles. The van der Waals surface area contributed by atoms with Crippen LogP contribution in [0.15, 0.2) is 18.2 Å². The fourth-order valence-corrected chi connectivity index (χ4v) is 2.60. The maximum Gasteiger partial charge on any atom is 0.495 e. The fourth-order valence-electron chi connectivity index (χ4n) is 2.60. The first-order valence-corrected chi connectivity index (χ1v) is 8.95. The van der Waals surface area contributed by atoms with E-state index in [1.807, 2.05) is 27.7 Å². The van der Waals surface area contributed by atoms with Crippen LogP contribution < -0.4 is 10.8 Å². The quantitative estimate of drug-likeness (QED) is 0.800. The molecule has 1 amide bonds. The number of ether oxygens (including phenoxy) is 1. The number of amides is 1. The van der Waals surface area contributed by atoms with E-state index in [-0.39, 0.29) is 12.1 Å². The monoisotopic (exact) mass is 383 g/mol. The highest BCUT2D eigenvalue weighted by Gasteiger charge is 2.52. The Morgan fingerprint density at radius 3 is 2.22 bits per heavy atom. The molecule has 1 fully saturated rings. The van der Waals surface area contributed by atoms with Crippen molar-refractivity contribution in [2.45, 2.75) is 78.2 Å². The molecule has 0 aliphatic carbocycles. The van der Waals surface area contributed by atoms with E-state index in [1.165, 1.54) is 6.07 Å². The van der Waals surface area contributed by atoms with Gasteiger partial charge in [0.2, 0.25) is 0 Å². The van der Waals surface area contributed by atoms with Crippen LogP contribution >= 0.6 is 0 Å². The molecule has 0 aromatic heterocycles. The van der Waals surface area contributed by atoms with Crippen molar-refractivity contribution in [3.63, 3.8) is 0 Å². The molecule has 1 aliphatic heterocycles. The smallest absolute Gasteiger partial charge is 0.444 e. The van der Waals surface area contributed by atoms with Crippen LogP contribution in [0.5, 0.6) is 0 Å². The Labute approximate surface area is 159 Å². The van der Waals surface area contributed by atoms with E-state index < -0.39 is 36.4 Å². The highest BCUT2D eigenvalue weighted by molar-refractivity contribution is 6.62. The second-order valence-electron chi connectivity index (χ2n) is 8.71. The van der Waals surface area contributed by atoms with E-state index in [1.54, 1.807) is 32.9 Å². The Bertz CT molecular complexity index is 685. The van der Waals surface area contributed by atoms with Crippen molar-refractivity contribution in [3.05, 3.63) is 29.3 Å². The summed E-state index contributed by atoms with van der Waals surface area (Å²) in [5, 5.41) is 2.57. The second kappa shape index (κ2) is 7.39. The van der Waals surface area contributed by atoms with Gasteiger partial charge in [-0.3, -0.25) is 0 Å². The largest absolute Gasteiger partial charge is 0.495 e. The lowest BCUT2D eigenvalue weighted by molar-refractivity contribution is 0.00578. The second-order valence-corrected chi connectivity index (χ2v) is 8.71. The van der Waals surface area contributed by atoms with E-state index in [0.717, 1.165) is 0 Å². The van der Waals surface area contributed by atoms with Crippen molar-refractivity contribution in [3.8, 4) is 0 Å². The molecule has 27 heavy (non-hydrogen) atoms. The number of nitrogens with one attached hydrogen (secondary N) is 1. The van der Waals surface area contributed by atoms with Crippen LogP contribution in [-0.4, -0.2) is 30.0 Å². The highest BCUT2D eigenvalue weighted by Crippen LogP contribution is 2.37. The molecule has 5 nitrogen and oxygen atoms in total. The minimum atomic E-state index is -2.69. The van der Waals surface area contributed by atoms with E-state index in [2.05, 4.69) is 5.32 Å². The molecule has 0 radical (unpaired) electrons. The zero-order valence-electron chi connectivity index (χ0n) is 17.0. The fraction of sp³-hybridized carbons (Fsp3) is 0.632. The first-order chi connectivity index (χ1) is 12.2. The average Bonchev–Trinajstić information content (AvgIpc) is 2.71. The first kappa shape index (κ1) is 21.6. The summed E-state index contributed by atoms with van der Waals surface area (Å²) in [6.45, 7) is 12.8. The predicted octanol–water partition coefficient (Wildman–Crippen LogP) is 3.95. The van der Waals surface area contributed by atoms with Gasteiger partial charge in [-0.05, 0) is 65.6 Å². The maximum absolute atomic E-state index is 13.6. The number of halogens is 2. The number of carbonyl (C=O) groups excluding carboxylic acids is 1. The Hall–Kier alpha value is -1.67. The van der Waals surface area contributed by atoms with Gasteiger partial charge in [-0.2, -0.15) is 0 Å². The van der Waals surface area contributed by atoms with Crippen molar-refractivity contribution >= 4 is 18.7 Å². The molecule has 1 saturated heterocycles. The van der Waals surface area contributed by atoms with Crippen molar-refractivity contribution in [2.75, 3.05) is 0 Å². The number of alkyl carbamates (subject to hydrolysis) is 1. The molecule has 0 saturated carbocycles. The van der Waals surface area contributed by atoms with Gasteiger partial charge in [0.25, 0.3) is 6.43 Å². The Balaban J connectivity index is 2.17. The summed E-state index contributed by atoms with van der Waals surface area (Å²) in [6.07, 6.45) is -3.29. The zero-order valence-corrected chi connectivity index (χ0v) is 17.0. The Kier molecular flexibility index (Phi) is 5.92. The maximum atomic E-state index is 13.6. The third-order valence-electron chi connectivity index (χ3n) is 4.73. The number of carbonyl (C=O) groups is 1. The van der Waals surface area contributed by atoms with E-state index >= 15 is 0 Å². The van der Waals surface area contributed by atoms with Crippen LogP contribution in [0.3, 0.4) is 0 Å². The standard InChI is InChI=1S/C19H28BF2NO4/c1-17(2,3)25-16(24)23-11-12-8-9-14(13(10-12)15(21)22)20-26-18(4,5)19(6,7)27-20/h8-10,15H,11H2,1-7H3,(H,23,24). The lowest BCUT2D eigenvalue weighted by atomic mass is 9.75. The van der Waals surface area contributed by atoms with Crippen LogP contribution in [0.1, 0.15) is 66.0 Å². The number of hydrogen-bond donors (Lipinski definition) is 1. The normalized spacial score (nSPS) is 18.7. The molecule has 8 heteroatoms. The zero-order chi connectivity index (χ0) is 20.6. The molecule has 1 aliphatic rings. The van der Waals surface area contributed by atoms with Crippen molar-refractivity contribution in [1.82, 2.24) is 5.32 Å². The molecular formula is C19H28BF2NO4. The summed E-state index contributed by atoms with van der Waals surface area (Å²) < 4.78 is 44.2. The molecule has 1 N–H and O–H groups in total. The summed E-state index contributed by atoms with van der Waals surface area (Å²) in [5.41, 5.74) is -1.20. The number of benzene rings is 1. The minimum absolute atomic E-state index is 0.0816. The molecule has 0 atom stereocenters. The van der Waals surface area contributed by atoms with Gasteiger partial charge in [-0.1, -0.05) is 12.1 Å². The summed E-state index contributed by atoms with van der Waals surface area (Å²) in [4.78, 5) is 11.7. The van der Waals surface area contributed by atoms with Gasteiger partial charge in [0.05, 0.1) is 11.2 Å². The van der Waals surface area contributed by atoms with Gasteiger partial charge in [0.1, 0.15) is 5.60 Å². The van der Waals surface area contributed by atoms with E-state index in [4.69, 9.17) is 14.0 Å².